The van der Waals surface area contributed by atoms with Crippen molar-refractivity contribution < 1.29 is 9.18 Å². The number of aryl methyl sites for hydroxylation is 1. The van der Waals surface area contributed by atoms with E-state index in [1.54, 1.807) is 12.1 Å². The number of amides is 1. The minimum Gasteiger partial charge on any atom is -0.349 e. The topological polar surface area (TPSA) is 29.1 Å². The summed E-state index contributed by atoms with van der Waals surface area (Å²) in [6.45, 7) is 0. The number of benzene rings is 2. The number of fused-ring (bicyclic) bond motifs is 1. The minimum absolute atomic E-state index is 0.0193. The second-order valence-electron chi connectivity index (χ2n) is 5.90. The van der Waals surface area contributed by atoms with Gasteiger partial charge < -0.3 is 5.32 Å². The van der Waals surface area contributed by atoms with Gasteiger partial charge in [-0.05, 0) is 42.5 Å². The van der Waals surface area contributed by atoms with Crippen molar-refractivity contribution in [2.24, 2.45) is 0 Å². The van der Waals surface area contributed by atoms with Gasteiger partial charge in [0.05, 0.1) is 11.8 Å². The molecule has 0 aromatic heterocycles. The molecule has 0 saturated carbocycles. The third-order valence-electron chi connectivity index (χ3n) is 4.25. The van der Waals surface area contributed by atoms with Crippen molar-refractivity contribution in [3.05, 3.63) is 70.0 Å². The lowest BCUT2D eigenvalue weighted by Gasteiger charge is -2.26. The normalized spacial score (nSPS) is 16.5. The fraction of sp³-hybridized carbons (Fsp3) is 0.316. The van der Waals surface area contributed by atoms with E-state index in [4.69, 9.17) is 11.6 Å². The number of hydrogen-bond donors (Lipinski definition) is 1. The third-order valence-corrected chi connectivity index (χ3v) is 5.56. The Morgan fingerprint density at radius 2 is 2.08 bits per heavy atom. The van der Waals surface area contributed by atoms with Gasteiger partial charge in [-0.15, -0.1) is 11.8 Å². The van der Waals surface area contributed by atoms with Gasteiger partial charge in [-0.1, -0.05) is 41.9 Å². The second-order valence-corrected chi connectivity index (χ2v) is 7.30. The Morgan fingerprint density at radius 1 is 1.25 bits per heavy atom. The predicted octanol–water partition coefficient (Wildman–Crippen LogP) is 4.91. The molecule has 0 heterocycles. The minimum atomic E-state index is -0.323. The fourth-order valence-corrected chi connectivity index (χ4v) is 4.23. The van der Waals surface area contributed by atoms with E-state index in [1.165, 1.54) is 29.0 Å². The summed E-state index contributed by atoms with van der Waals surface area (Å²) in [6.07, 6.45) is 3.12. The molecule has 0 bridgehead atoms. The number of carbonyl (C=O) groups excluding carboxylic acids is 1. The molecule has 2 aromatic carbocycles. The Morgan fingerprint density at radius 3 is 2.92 bits per heavy atom. The Bertz CT molecular complexity index is 717. The molecule has 1 amide bonds. The first kappa shape index (κ1) is 17.3. The maximum atomic E-state index is 13.7. The Hall–Kier alpha value is -1.52. The molecule has 2 nitrogen and oxygen atoms in total. The highest BCUT2D eigenvalue weighted by atomic mass is 35.5. The van der Waals surface area contributed by atoms with Gasteiger partial charge in [-0.25, -0.2) is 4.39 Å². The molecule has 5 heteroatoms. The summed E-state index contributed by atoms with van der Waals surface area (Å²) in [5.41, 5.74) is 3.00. The molecule has 1 atom stereocenters. The predicted molar refractivity (Wildman–Crippen MR) is 97.8 cm³/mol. The molecule has 1 N–H and O–H groups in total. The second kappa shape index (κ2) is 8.04. The molecule has 0 radical (unpaired) electrons. The largest absolute Gasteiger partial charge is 0.349 e. The maximum absolute atomic E-state index is 13.7. The van der Waals surface area contributed by atoms with Crippen molar-refractivity contribution in [2.45, 2.75) is 31.1 Å². The van der Waals surface area contributed by atoms with Crippen LogP contribution < -0.4 is 5.32 Å². The highest BCUT2D eigenvalue weighted by molar-refractivity contribution is 7.99. The lowest BCUT2D eigenvalue weighted by atomic mass is 9.88. The van der Waals surface area contributed by atoms with E-state index in [2.05, 4.69) is 17.4 Å². The molecule has 0 fully saturated rings. The first-order chi connectivity index (χ1) is 11.6. The van der Waals surface area contributed by atoms with Gasteiger partial charge in [0, 0.05) is 16.3 Å². The van der Waals surface area contributed by atoms with Crippen LogP contribution in [0.15, 0.2) is 42.5 Å². The summed E-state index contributed by atoms with van der Waals surface area (Å²) in [6, 6.07) is 13.0. The monoisotopic (exact) mass is 363 g/mol. The number of nitrogens with one attached hydrogen (secondary N) is 1. The number of thioether (sulfide) groups is 1. The van der Waals surface area contributed by atoms with Crippen LogP contribution in [0.5, 0.6) is 0 Å². The van der Waals surface area contributed by atoms with Gasteiger partial charge in [0.2, 0.25) is 5.91 Å². The first-order valence-electron chi connectivity index (χ1n) is 8.03. The van der Waals surface area contributed by atoms with Gasteiger partial charge in [0.25, 0.3) is 0 Å². The maximum Gasteiger partial charge on any atom is 0.230 e. The molecule has 0 spiro atoms. The number of carbonyl (C=O) groups is 1. The standard InChI is InChI=1S/C19H19ClFNOS/c20-16-8-4-9-17(21)15(16)11-24-12-19(23)22-18-10-3-6-13-5-1-2-7-14(13)18/h1-2,4-5,7-9,18H,3,6,10-12H2,(H,22,23)/t18-/m1/s1. The summed E-state index contributed by atoms with van der Waals surface area (Å²) in [5.74, 6) is 0.342. The summed E-state index contributed by atoms with van der Waals surface area (Å²) >= 11 is 7.38. The van der Waals surface area contributed by atoms with Crippen LogP contribution in [-0.2, 0) is 17.0 Å². The number of hydrogen-bond acceptors (Lipinski definition) is 2. The fourth-order valence-electron chi connectivity index (χ4n) is 3.06. The SMILES string of the molecule is O=C(CSCc1c(F)cccc1Cl)N[C@@H]1CCCc2ccccc21. The highest BCUT2D eigenvalue weighted by Gasteiger charge is 2.21. The number of rotatable bonds is 5. The van der Waals surface area contributed by atoms with E-state index >= 15 is 0 Å². The van der Waals surface area contributed by atoms with Gasteiger partial charge in [0.1, 0.15) is 5.82 Å². The van der Waals surface area contributed by atoms with Gasteiger partial charge in [0.15, 0.2) is 0 Å². The molecule has 126 valence electrons. The zero-order valence-electron chi connectivity index (χ0n) is 13.2. The zero-order chi connectivity index (χ0) is 16.9. The smallest absolute Gasteiger partial charge is 0.230 e. The van der Waals surface area contributed by atoms with Crippen molar-refractivity contribution in [1.82, 2.24) is 5.32 Å². The quantitative estimate of drug-likeness (QED) is 0.818. The van der Waals surface area contributed by atoms with Crippen molar-refractivity contribution in [3.8, 4) is 0 Å². The summed E-state index contributed by atoms with van der Waals surface area (Å²) < 4.78 is 13.7. The molecule has 1 aliphatic carbocycles. The van der Waals surface area contributed by atoms with E-state index in [0.717, 1.165) is 19.3 Å². The van der Waals surface area contributed by atoms with Crippen LogP contribution in [0.1, 0.15) is 35.6 Å². The summed E-state index contributed by atoms with van der Waals surface area (Å²) in [4.78, 5) is 12.2. The van der Waals surface area contributed by atoms with Crippen molar-refractivity contribution in [2.75, 3.05) is 5.75 Å². The van der Waals surface area contributed by atoms with Crippen LogP contribution in [0, 0.1) is 5.82 Å². The van der Waals surface area contributed by atoms with Crippen LogP contribution in [0.2, 0.25) is 5.02 Å². The van der Waals surface area contributed by atoms with Crippen molar-refractivity contribution >= 4 is 29.3 Å². The van der Waals surface area contributed by atoms with Crippen LogP contribution in [0.25, 0.3) is 0 Å². The van der Waals surface area contributed by atoms with E-state index in [1.807, 2.05) is 12.1 Å². The van der Waals surface area contributed by atoms with Gasteiger partial charge >= 0.3 is 0 Å². The van der Waals surface area contributed by atoms with Gasteiger partial charge in [-0.2, -0.15) is 0 Å². The summed E-state index contributed by atoms with van der Waals surface area (Å²) in [7, 11) is 0. The average molecular weight is 364 g/mol. The molecular formula is C19H19ClFNOS. The van der Waals surface area contributed by atoms with Crippen LogP contribution in [-0.4, -0.2) is 11.7 Å². The molecule has 0 aliphatic heterocycles. The van der Waals surface area contributed by atoms with Crippen LogP contribution in [0.4, 0.5) is 4.39 Å². The average Bonchev–Trinajstić information content (AvgIpc) is 2.58. The lowest BCUT2D eigenvalue weighted by molar-refractivity contribution is -0.119. The molecule has 3 rings (SSSR count). The molecular weight excluding hydrogens is 345 g/mol. The van der Waals surface area contributed by atoms with Gasteiger partial charge in [-0.3, -0.25) is 4.79 Å². The summed E-state index contributed by atoms with van der Waals surface area (Å²) in [5, 5.41) is 3.51. The molecule has 1 aliphatic rings. The Labute approximate surface area is 150 Å². The van der Waals surface area contributed by atoms with Crippen molar-refractivity contribution in [1.29, 1.82) is 0 Å². The Balaban J connectivity index is 1.54. The Kier molecular flexibility index (Phi) is 5.80. The van der Waals surface area contributed by atoms with E-state index in [-0.39, 0.29) is 17.8 Å². The van der Waals surface area contributed by atoms with E-state index in [9.17, 15) is 9.18 Å². The lowest BCUT2D eigenvalue weighted by Crippen LogP contribution is -2.32. The van der Waals surface area contributed by atoms with Crippen LogP contribution >= 0.6 is 23.4 Å². The van der Waals surface area contributed by atoms with Crippen molar-refractivity contribution in [3.63, 3.8) is 0 Å². The highest BCUT2D eigenvalue weighted by Crippen LogP contribution is 2.29. The molecule has 0 saturated heterocycles. The molecule has 24 heavy (non-hydrogen) atoms. The number of halogens is 2. The van der Waals surface area contributed by atoms with E-state index < -0.39 is 0 Å². The van der Waals surface area contributed by atoms with E-state index in [0.29, 0.717) is 22.1 Å². The zero-order valence-corrected chi connectivity index (χ0v) is 14.8. The molecule has 2 aromatic rings. The van der Waals surface area contributed by atoms with Crippen LogP contribution in [0.3, 0.4) is 0 Å². The third kappa shape index (κ3) is 4.11. The molecule has 0 unspecified atom stereocenters. The first-order valence-corrected chi connectivity index (χ1v) is 9.56.